The van der Waals surface area contributed by atoms with E-state index < -0.39 is 12.1 Å². The van der Waals surface area contributed by atoms with Crippen molar-refractivity contribution in [2.45, 2.75) is 38.2 Å². The van der Waals surface area contributed by atoms with E-state index in [9.17, 15) is 9.90 Å². The van der Waals surface area contributed by atoms with Crippen LogP contribution in [0.4, 0.5) is 0 Å². The Labute approximate surface area is 90.9 Å². The Balaban J connectivity index is 2.05. The highest BCUT2D eigenvalue weighted by Crippen LogP contribution is 2.29. The van der Waals surface area contributed by atoms with Crippen molar-refractivity contribution < 1.29 is 15.0 Å². The summed E-state index contributed by atoms with van der Waals surface area (Å²) < 4.78 is 0. The first kappa shape index (κ1) is 12.5. The van der Waals surface area contributed by atoms with E-state index in [-0.39, 0.29) is 6.42 Å². The standard InChI is InChI=1S/C11H21NO3/c1-12(6-5-9-3-2-4-9)8-10(13)7-11(14)15/h9-10,13H,2-8H2,1H3,(H,14,15). The summed E-state index contributed by atoms with van der Waals surface area (Å²) in [6, 6.07) is 0. The third-order valence-electron chi connectivity index (χ3n) is 3.08. The number of carboxylic acid groups (broad SMARTS) is 1. The van der Waals surface area contributed by atoms with Crippen molar-refractivity contribution in [2.24, 2.45) is 5.92 Å². The molecule has 15 heavy (non-hydrogen) atoms. The summed E-state index contributed by atoms with van der Waals surface area (Å²) in [4.78, 5) is 12.4. The molecule has 0 aliphatic heterocycles. The molecule has 0 aromatic carbocycles. The molecule has 4 heteroatoms. The van der Waals surface area contributed by atoms with E-state index in [4.69, 9.17) is 5.11 Å². The van der Waals surface area contributed by atoms with Crippen LogP contribution in [0.25, 0.3) is 0 Å². The summed E-state index contributed by atoms with van der Waals surface area (Å²) in [5.41, 5.74) is 0. The third-order valence-corrected chi connectivity index (χ3v) is 3.08. The highest BCUT2D eigenvalue weighted by Gasteiger charge is 2.18. The van der Waals surface area contributed by atoms with E-state index in [0.29, 0.717) is 6.54 Å². The molecule has 0 spiro atoms. The van der Waals surface area contributed by atoms with Crippen LogP contribution in [0, 0.1) is 5.92 Å². The molecule has 1 atom stereocenters. The second kappa shape index (κ2) is 6.08. The number of likely N-dealkylation sites (N-methyl/N-ethyl adjacent to an activating group) is 1. The van der Waals surface area contributed by atoms with Gasteiger partial charge in [0, 0.05) is 6.54 Å². The van der Waals surface area contributed by atoms with Gasteiger partial charge in [-0.25, -0.2) is 0 Å². The molecule has 0 aromatic rings. The zero-order valence-electron chi connectivity index (χ0n) is 9.35. The number of aliphatic hydroxyl groups excluding tert-OH is 1. The lowest BCUT2D eigenvalue weighted by Crippen LogP contribution is -2.32. The molecule has 88 valence electrons. The van der Waals surface area contributed by atoms with Gasteiger partial charge in [-0.05, 0) is 25.9 Å². The zero-order valence-corrected chi connectivity index (χ0v) is 9.35. The van der Waals surface area contributed by atoms with Crippen LogP contribution in [0.3, 0.4) is 0 Å². The molecule has 1 aliphatic rings. The van der Waals surface area contributed by atoms with Gasteiger partial charge in [0.15, 0.2) is 0 Å². The van der Waals surface area contributed by atoms with Crippen LogP contribution < -0.4 is 0 Å². The molecule has 0 aromatic heterocycles. The monoisotopic (exact) mass is 215 g/mol. The highest BCUT2D eigenvalue weighted by atomic mass is 16.4. The summed E-state index contributed by atoms with van der Waals surface area (Å²) in [5, 5.41) is 17.9. The number of aliphatic carboxylic acids is 1. The second-order valence-corrected chi connectivity index (χ2v) is 4.60. The Bertz CT molecular complexity index is 204. The van der Waals surface area contributed by atoms with Crippen molar-refractivity contribution in [1.82, 2.24) is 4.90 Å². The van der Waals surface area contributed by atoms with Crippen molar-refractivity contribution in [1.29, 1.82) is 0 Å². The predicted molar refractivity (Wildman–Crippen MR) is 57.7 cm³/mol. The molecule has 2 N–H and O–H groups in total. The molecule has 1 rings (SSSR count). The maximum atomic E-state index is 10.3. The molecule has 4 nitrogen and oxygen atoms in total. The quantitative estimate of drug-likeness (QED) is 0.663. The molecule has 0 heterocycles. The number of rotatable bonds is 7. The third kappa shape index (κ3) is 5.14. The number of hydrogen-bond donors (Lipinski definition) is 2. The van der Waals surface area contributed by atoms with Gasteiger partial charge < -0.3 is 15.1 Å². The van der Waals surface area contributed by atoms with Gasteiger partial charge >= 0.3 is 5.97 Å². The van der Waals surface area contributed by atoms with Crippen molar-refractivity contribution >= 4 is 5.97 Å². The van der Waals surface area contributed by atoms with Crippen LogP contribution in [0.2, 0.25) is 0 Å². The van der Waals surface area contributed by atoms with Gasteiger partial charge in [-0.15, -0.1) is 0 Å². The van der Waals surface area contributed by atoms with Gasteiger partial charge in [0.05, 0.1) is 12.5 Å². The number of aliphatic hydroxyl groups is 1. The van der Waals surface area contributed by atoms with Crippen molar-refractivity contribution in [2.75, 3.05) is 20.1 Å². The lowest BCUT2D eigenvalue weighted by atomic mass is 9.83. The predicted octanol–water partition coefficient (Wildman–Crippen LogP) is 0.944. The number of hydrogen-bond acceptors (Lipinski definition) is 3. The highest BCUT2D eigenvalue weighted by molar-refractivity contribution is 5.67. The lowest BCUT2D eigenvalue weighted by Gasteiger charge is -2.28. The first-order chi connectivity index (χ1) is 7.08. The minimum absolute atomic E-state index is 0.159. The summed E-state index contributed by atoms with van der Waals surface area (Å²) in [7, 11) is 1.93. The first-order valence-corrected chi connectivity index (χ1v) is 5.66. The summed E-state index contributed by atoms with van der Waals surface area (Å²) in [6.45, 7) is 1.42. The molecule has 1 unspecified atom stereocenters. The largest absolute Gasteiger partial charge is 0.481 e. The number of carbonyl (C=O) groups is 1. The van der Waals surface area contributed by atoms with E-state index in [1.165, 1.54) is 25.7 Å². The minimum Gasteiger partial charge on any atom is -0.481 e. The molecule has 1 saturated carbocycles. The fourth-order valence-electron chi connectivity index (χ4n) is 1.90. The average molecular weight is 215 g/mol. The lowest BCUT2D eigenvalue weighted by molar-refractivity contribution is -0.139. The molecule has 0 bridgehead atoms. The van der Waals surface area contributed by atoms with Crippen LogP contribution in [0.15, 0.2) is 0 Å². The molecular formula is C11H21NO3. The van der Waals surface area contributed by atoms with E-state index in [0.717, 1.165) is 12.5 Å². The van der Waals surface area contributed by atoms with Gasteiger partial charge in [-0.1, -0.05) is 19.3 Å². The maximum absolute atomic E-state index is 10.3. The smallest absolute Gasteiger partial charge is 0.306 e. The molecule has 1 aliphatic carbocycles. The SMILES string of the molecule is CN(CCC1CCC1)CC(O)CC(=O)O. The molecule has 0 saturated heterocycles. The molecule has 0 amide bonds. The normalized spacial score (nSPS) is 18.9. The van der Waals surface area contributed by atoms with E-state index >= 15 is 0 Å². The fraction of sp³-hybridized carbons (Fsp3) is 0.909. The van der Waals surface area contributed by atoms with E-state index in [1.54, 1.807) is 0 Å². The zero-order chi connectivity index (χ0) is 11.3. The van der Waals surface area contributed by atoms with Crippen LogP contribution in [-0.2, 0) is 4.79 Å². The minimum atomic E-state index is -0.935. The average Bonchev–Trinajstić information content (AvgIpc) is 1.98. The van der Waals surface area contributed by atoms with Crippen LogP contribution in [-0.4, -0.2) is 47.3 Å². The van der Waals surface area contributed by atoms with Crippen LogP contribution >= 0.6 is 0 Å². The second-order valence-electron chi connectivity index (χ2n) is 4.60. The van der Waals surface area contributed by atoms with Gasteiger partial charge in [-0.2, -0.15) is 0 Å². The molecule has 0 radical (unpaired) electrons. The number of carboxylic acids is 1. The van der Waals surface area contributed by atoms with Gasteiger partial charge in [0.1, 0.15) is 0 Å². The summed E-state index contributed by atoms with van der Waals surface area (Å²) in [5.74, 6) is -0.0704. The topological polar surface area (TPSA) is 60.8 Å². The van der Waals surface area contributed by atoms with Crippen LogP contribution in [0.1, 0.15) is 32.1 Å². The maximum Gasteiger partial charge on any atom is 0.306 e. The van der Waals surface area contributed by atoms with Gasteiger partial charge in [0.2, 0.25) is 0 Å². The van der Waals surface area contributed by atoms with Crippen molar-refractivity contribution in [3.63, 3.8) is 0 Å². The summed E-state index contributed by atoms with van der Waals surface area (Å²) in [6.07, 6.45) is 4.31. The number of nitrogens with zero attached hydrogens (tertiary/aromatic N) is 1. The molecular weight excluding hydrogens is 194 g/mol. The van der Waals surface area contributed by atoms with E-state index in [2.05, 4.69) is 0 Å². The Morgan fingerprint density at radius 3 is 2.67 bits per heavy atom. The van der Waals surface area contributed by atoms with Crippen molar-refractivity contribution in [3.05, 3.63) is 0 Å². The van der Waals surface area contributed by atoms with Crippen LogP contribution in [0.5, 0.6) is 0 Å². The first-order valence-electron chi connectivity index (χ1n) is 5.66. The summed E-state index contributed by atoms with van der Waals surface area (Å²) >= 11 is 0. The fourth-order valence-corrected chi connectivity index (χ4v) is 1.90. The van der Waals surface area contributed by atoms with Crippen molar-refractivity contribution in [3.8, 4) is 0 Å². The Kier molecular flexibility index (Phi) is 5.05. The molecule has 1 fully saturated rings. The van der Waals surface area contributed by atoms with E-state index in [1.807, 2.05) is 11.9 Å². The Hall–Kier alpha value is -0.610. The Morgan fingerprint density at radius 1 is 1.53 bits per heavy atom. The van der Waals surface area contributed by atoms with Gasteiger partial charge in [-0.3, -0.25) is 4.79 Å². The van der Waals surface area contributed by atoms with Gasteiger partial charge in [0.25, 0.3) is 0 Å². The Morgan fingerprint density at radius 2 is 2.20 bits per heavy atom.